The molecular weight excluding hydrogens is 392 g/mol. The van der Waals surface area contributed by atoms with Gasteiger partial charge < -0.3 is 20.1 Å². The molecule has 1 aliphatic carbocycles. The molecule has 1 saturated carbocycles. The van der Waals surface area contributed by atoms with Gasteiger partial charge in [-0.1, -0.05) is 31.4 Å². The number of hydrogen-bond donors (Lipinski definition) is 2. The number of anilines is 1. The molecule has 166 valence electrons. The minimum Gasteiger partial charge on any atom is -0.490 e. The van der Waals surface area contributed by atoms with Gasteiger partial charge in [0.25, 0.3) is 5.91 Å². The third kappa shape index (κ3) is 6.48. The summed E-state index contributed by atoms with van der Waals surface area (Å²) < 4.78 is 11.2. The second-order valence-electron chi connectivity index (χ2n) is 7.73. The molecular formula is C25H32N2O4. The molecule has 6 heteroatoms. The van der Waals surface area contributed by atoms with Crippen LogP contribution >= 0.6 is 0 Å². The maximum absolute atomic E-state index is 12.6. The summed E-state index contributed by atoms with van der Waals surface area (Å²) in [6, 6.07) is 12.6. The first-order chi connectivity index (χ1) is 15.1. The van der Waals surface area contributed by atoms with E-state index in [1.807, 2.05) is 26.0 Å². The normalized spacial score (nSPS) is 14.0. The monoisotopic (exact) mass is 424 g/mol. The van der Waals surface area contributed by atoms with E-state index in [2.05, 4.69) is 10.6 Å². The van der Waals surface area contributed by atoms with Gasteiger partial charge in [0.05, 0.1) is 13.2 Å². The van der Waals surface area contributed by atoms with Crippen LogP contribution in [0.4, 0.5) is 5.69 Å². The lowest BCUT2D eigenvalue weighted by Gasteiger charge is -2.20. The highest BCUT2D eigenvalue weighted by Crippen LogP contribution is 2.31. The van der Waals surface area contributed by atoms with Crippen molar-refractivity contribution in [2.45, 2.75) is 52.5 Å². The molecule has 2 aromatic carbocycles. The molecule has 6 nitrogen and oxygen atoms in total. The van der Waals surface area contributed by atoms with Crippen LogP contribution in [0.5, 0.6) is 11.5 Å². The van der Waals surface area contributed by atoms with Gasteiger partial charge in [-0.2, -0.15) is 0 Å². The Morgan fingerprint density at radius 3 is 2.26 bits per heavy atom. The summed E-state index contributed by atoms with van der Waals surface area (Å²) in [5.41, 5.74) is 2.16. The number of benzene rings is 2. The number of ether oxygens (including phenoxy) is 2. The Bertz CT molecular complexity index is 874. The van der Waals surface area contributed by atoms with E-state index >= 15 is 0 Å². The SMILES string of the molecule is CCOc1ccc(NC(=O)c2ccc(CNC(=O)C3CCCCC3)cc2)cc1OCC. The summed E-state index contributed by atoms with van der Waals surface area (Å²) in [7, 11) is 0. The highest BCUT2D eigenvalue weighted by atomic mass is 16.5. The maximum Gasteiger partial charge on any atom is 0.255 e. The zero-order valence-corrected chi connectivity index (χ0v) is 18.4. The minimum atomic E-state index is -0.204. The average Bonchev–Trinajstić information content (AvgIpc) is 2.80. The van der Waals surface area contributed by atoms with Crippen molar-refractivity contribution in [3.63, 3.8) is 0 Å². The van der Waals surface area contributed by atoms with Crippen LogP contribution in [0.1, 0.15) is 61.9 Å². The molecule has 0 bridgehead atoms. The van der Waals surface area contributed by atoms with E-state index in [4.69, 9.17) is 9.47 Å². The average molecular weight is 425 g/mol. The van der Waals surface area contributed by atoms with E-state index in [0.717, 1.165) is 31.2 Å². The van der Waals surface area contributed by atoms with Crippen molar-refractivity contribution < 1.29 is 19.1 Å². The molecule has 0 unspecified atom stereocenters. The molecule has 0 atom stereocenters. The highest BCUT2D eigenvalue weighted by Gasteiger charge is 2.20. The molecule has 31 heavy (non-hydrogen) atoms. The third-order valence-electron chi connectivity index (χ3n) is 5.46. The van der Waals surface area contributed by atoms with Crippen molar-refractivity contribution in [2.24, 2.45) is 5.92 Å². The zero-order valence-electron chi connectivity index (χ0n) is 18.4. The lowest BCUT2D eigenvalue weighted by molar-refractivity contribution is -0.126. The second-order valence-corrected chi connectivity index (χ2v) is 7.73. The van der Waals surface area contributed by atoms with Crippen molar-refractivity contribution >= 4 is 17.5 Å². The predicted octanol–water partition coefficient (Wildman–Crippen LogP) is 4.93. The number of nitrogens with one attached hydrogen (secondary N) is 2. The van der Waals surface area contributed by atoms with Gasteiger partial charge in [-0.05, 0) is 56.5 Å². The number of amides is 2. The number of hydrogen-bond acceptors (Lipinski definition) is 4. The van der Waals surface area contributed by atoms with Crippen LogP contribution in [-0.2, 0) is 11.3 Å². The summed E-state index contributed by atoms with van der Waals surface area (Å²) in [5.74, 6) is 1.34. The molecule has 2 amide bonds. The molecule has 2 aromatic rings. The van der Waals surface area contributed by atoms with E-state index in [1.165, 1.54) is 6.42 Å². The first-order valence-electron chi connectivity index (χ1n) is 11.2. The number of carbonyl (C=O) groups is 2. The van der Waals surface area contributed by atoms with E-state index in [1.54, 1.807) is 30.3 Å². The molecule has 0 spiro atoms. The van der Waals surface area contributed by atoms with Gasteiger partial charge in [-0.15, -0.1) is 0 Å². The predicted molar refractivity (Wildman–Crippen MR) is 122 cm³/mol. The second kappa shape index (κ2) is 11.4. The maximum atomic E-state index is 12.6. The summed E-state index contributed by atoms with van der Waals surface area (Å²) in [5, 5.41) is 5.92. The third-order valence-corrected chi connectivity index (χ3v) is 5.46. The van der Waals surface area contributed by atoms with Crippen LogP contribution in [0.2, 0.25) is 0 Å². The number of rotatable bonds is 9. The van der Waals surface area contributed by atoms with E-state index in [9.17, 15) is 9.59 Å². The first kappa shape index (κ1) is 22.7. The fourth-order valence-corrected chi connectivity index (χ4v) is 3.80. The summed E-state index contributed by atoms with van der Waals surface area (Å²) in [4.78, 5) is 24.9. The fraction of sp³-hybridized carbons (Fsp3) is 0.440. The van der Waals surface area contributed by atoms with Crippen molar-refractivity contribution in [3.05, 3.63) is 53.6 Å². The standard InChI is InChI=1S/C25H32N2O4/c1-3-30-22-15-14-21(16-23(22)31-4-2)27-25(29)20-12-10-18(11-13-20)17-26-24(28)19-8-6-5-7-9-19/h10-16,19H,3-9,17H2,1-2H3,(H,26,28)(H,27,29). The summed E-state index contributed by atoms with van der Waals surface area (Å²) >= 11 is 0. The van der Waals surface area contributed by atoms with Crippen molar-refractivity contribution in [1.82, 2.24) is 5.32 Å². The van der Waals surface area contributed by atoms with Gasteiger partial charge in [0, 0.05) is 29.8 Å². The smallest absolute Gasteiger partial charge is 0.255 e. The van der Waals surface area contributed by atoms with E-state index in [-0.39, 0.29) is 17.7 Å². The molecule has 1 fully saturated rings. The van der Waals surface area contributed by atoms with Crippen LogP contribution in [0.25, 0.3) is 0 Å². The van der Waals surface area contributed by atoms with Crippen LogP contribution < -0.4 is 20.1 Å². The molecule has 0 aliphatic heterocycles. The molecule has 0 heterocycles. The van der Waals surface area contributed by atoms with Crippen LogP contribution in [0, 0.1) is 5.92 Å². The molecule has 2 N–H and O–H groups in total. The van der Waals surface area contributed by atoms with Crippen LogP contribution in [0.15, 0.2) is 42.5 Å². The number of carbonyl (C=O) groups excluding carboxylic acids is 2. The lowest BCUT2D eigenvalue weighted by Crippen LogP contribution is -2.31. The van der Waals surface area contributed by atoms with Gasteiger partial charge >= 0.3 is 0 Å². The Balaban J connectivity index is 1.56. The topological polar surface area (TPSA) is 76.7 Å². The first-order valence-corrected chi connectivity index (χ1v) is 11.2. The zero-order chi connectivity index (χ0) is 22.1. The van der Waals surface area contributed by atoms with Crippen LogP contribution in [-0.4, -0.2) is 25.0 Å². The van der Waals surface area contributed by atoms with Gasteiger partial charge in [0.1, 0.15) is 0 Å². The Labute approximate surface area is 184 Å². The van der Waals surface area contributed by atoms with E-state index in [0.29, 0.717) is 42.5 Å². The minimum absolute atomic E-state index is 0.141. The largest absolute Gasteiger partial charge is 0.490 e. The van der Waals surface area contributed by atoms with Crippen molar-refractivity contribution in [3.8, 4) is 11.5 Å². The Morgan fingerprint density at radius 2 is 1.58 bits per heavy atom. The van der Waals surface area contributed by atoms with Crippen molar-refractivity contribution in [1.29, 1.82) is 0 Å². The molecule has 0 radical (unpaired) electrons. The molecule has 1 aliphatic rings. The summed E-state index contributed by atoms with van der Waals surface area (Å²) in [6.45, 7) is 5.35. The van der Waals surface area contributed by atoms with Gasteiger partial charge in [0.15, 0.2) is 11.5 Å². The highest BCUT2D eigenvalue weighted by molar-refractivity contribution is 6.04. The Hall–Kier alpha value is -3.02. The van der Waals surface area contributed by atoms with E-state index < -0.39 is 0 Å². The van der Waals surface area contributed by atoms with Gasteiger partial charge in [-0.25, -0.2) is 0 Å². The lowest BCUT2D eigenvalue weighted by atomic mass is 9.88. The van der Waals surface area contributed by atoms with Gasteiger partial charge in [0.2, 0.25) is 5.91 Å². The quantitative estimate of drug-likeness (QED) is 0.598. The molecule has 0 saturated heterocycles. The van der Waals surface area contributed by atoms with Gasteiger partial charge in [-0.3, -0.25) is 9.59 Å². The summed E-state index contributed by atoms with van der Waals surface area (Å²) in [6.07, 6.45) is 5.49. The molecule has 3 rings (SSSR count). The Kier molecular flexibility index (Phi) is 8.33. The van der Waals surface area contributed by atoms with Crippen molar-refractivity contribution in [2.75, 3.05) is 18.5 Å². The fourth-order valence-electron chi connectivity index (χ4n) is 3.80. The molecule has 0 aromatic heterocycles. The van der Waals surface area contributed by atoms with Crippen LogP contribution in [0.3, 0.4) is 0 Å². The Morgan fingerprint density at radius 1 is 0.903 bits per heavy atom.